The summed E-state index contributed by atoms with van der Waals surface area (Å²) in [6.07, 6.45) is -3.20. The minimum atomic E-state index is -1.13. The fraction of sp³-hybridized carbons (Fsp3) is 1.00. The predicted octanol–water partition coefficient (Wildman–Crippen LogP) is -0.105. The molecule has 1 unspecified atom stereocenters. The first-order valence-corrected chi connectivity index (χ1v) is 5.33. The van der Waals surface area contributed by atoms with Gasteiger partial charge in [-0.15, -0.1) is 0 Å². The molecule has 2 saturated heterocycles. The Bertz CT molecular complexity index is 344. The summed E-state index contributed by atoms with van der Waals surface area (Å²) in [7, 11) is 0. The van der Waals surface area contributed by atoms with Crippen LogP contribution in [0.4, 0.5) is 0 Å². The molecule has 2 aliphatic heterocycles. The lowest BCUT2D eigenvalue weighted by Crippen LogP contribution is -2.41. The summed E-state index contributed by atoms with van der Waals surface area (Å²) in [6, 6.07) is -0.714. The number of aliphatic hydroxyl groups excluding tert-OH is 2. The summed E-state index contributed by atoms with van der Waals surface area (Å²) < 4.78 is 16.4. The van der Waals surface area contributed by atoms with E-state index in [0.717, 1.165) is 0 Å². The fourth-order valence-electron chi connectivity index (χ4n) is 2.13. The molecule has 0 spiro atoms. The Labute approximate surface area is 97.7 Å². The van der Waals surface area contributed by atoms with Crippen molar-refractivity contribution in [2.24, 2.45) is 5.11 Å². The zero-order chi connectivity index (χ0) is 12.6. The van der Waals surface area contributed by atoms with Crippen LogP contribution in [0.15, 0.2) is 5.11 Å². The van der Waals surface area contributed by atoms with E-state index in [1.165, 1.54) is 0 Å². The maximum Gasteiger partial charge on any atom is 0.188 e. The number of ether oxygens (including phenoxy) is 3. The van der Waals surface area contributed by atoms with Crippen LogP contribution >= 0.6 is 0 Å². The molecule has 2 heterocycles. The summed E-state index contributed by atoms with van der Waals surface area (Å²) in [5.41, 5.74) is 8.51. The van der Waals surface area contributed by atoms with Crippen LogP contribution in [-0.4, -0.2) is 53.3 Å². The number of fused-ring (bicyclic) bond motifs is 1. The molecule has 0 aliphatic carbocycles. The van der Waals surface area contributed by atoms with Gasteiger partial charge in [0, 0.05) is 4.91 Å². The number of hydrogen-bond acceptors (Lipinski definition) is 6. The van der Waals surface area contributed by atoms with Crippen LogP contribution in [0.5, 0.6) is 0 Å². The Morgan fingerprint density at radius 2 is 2.18 bits per heavy atom. The van der Waals surface area contributed by atoms with E-state index in [-0.39, 0.29) is 0 Å². The molecule has 96 valence electrons. The van der Waals surface area contributed by atoms with Gasteiger partial charge in [-0.25, -0.2) is 0 Å². The number of hydrogen-bond donors (Lipinski definition) is 2. The van der Waals surface area contributed by atoms with Crippen molar-refractivity contribution in [3.05, 3.63) is 10.4 Å². The van der Waals surface area contributed by atoms with Gasteiger partial charge in [-0.05, 0) is 19.4 Å². The summed E-state index contributed by atoms with van der Waals surface area (Å²) in [5.74, 6) is -0.812. The Morgan fingerprint density at radius 3 is 2.76 bits per heavy atom. The molecule has 2 rings (SSSR count). The van der Waals surface area contributed by atoms with Crippen molar-refractivity contribution < 1.29 is 24.4 Å². The van der Waals surface area contributed by atoms with E-state index in [1.54, 1.807) is 13.8 Å². The molecule has 2 N–H and O–H groups in total. The molecular weight excluding hydrogens is 230 g/mol. The van der Waals surface area contributed by atoms with Crippen LogP contribution in [0.25, 0.3) is 10.4 Å². The fourth-order valence-corrected chi connectivity index (χ4v) is 2.13. The lowest BCUT2D eigenvalue weighted by atomic mass is 10.0. The average molecular weight is 245 g/mol. The molecule has 17 heavy (non-hydrogen) atoms. The second kappa shape index (κ2) is 4.41. The highest BCUT2D eigenvalue weighted by Crippen LogP contribution is 2.39. The minimum absolute atomic E-state index is 0.481. The van der Waals surface area contributed by atoms with Crippen LogP contribution < -0.4 is 0 Å². The van der Waals surface area contributed by atoms with E-state index in [4.69, 9.17) is 24.8 Å². The molecule has 8 nitrogen and oxygen atoms in total. The Morgan fingerprint density at radius 1 is 1.47 bits per heavy atom. The molecule has 0 saturated carbocycles. The summed E-state index contributed by atoms with van der Waals surface area (Å²) in [4.78, 5) is 2.71. The lowest BCUT2D eigenvalue weighted by molar-refractivity contribution is -0.217. The standard InChI is InChI=1S/C9H15N3O5/c1-9(2)16-7-5(11-12-10)6(4(14)3-13)15-8(7)17-9/h4-8,13-14H,3H2,1-2H3/t4-,5?,6-,7-,8-/m0/s1. The van der Waals surface area contributed by atoms with Crippen LogP contribution in [0.1, 0.15) is 13.8 Å². The maximum atomic E-state index is 9.57. The SMILES string of the molecule is CC1(C)O[C@@H]2O[C@@H]([C@@H](O)CO)C(N=[N+]=[N-])[C@@H]2O1. The third-order valence-electron chi connectivity index (χ3n) is 2.80. The molecule has 0 aromatic heterocycles. The summed E-state index contributed by atoms with van der Waals surface area (Å²) in [5, 5.41) is 22.0. The highest BCUT2D eigenvalue weighted by molar-refractivity contribution is 5.00. The average Bonchev–Trinajstić information content (AvgIpc) is 2.72. The van der Waals surface area contributed by atoms with E-state index in [1.807, 2.05) is 0 Å². The molecule has 0 aromatic rings. The van der Waals surface area contributed by atoms with Gasteiger partial charge in [0.2, 0.25) is 0 Å². The second-order valence-corrected chi connectivity index (χ2v) is 4.51. The van der Waals surface area contributed by atoms with E-state index in [2.05, 4.69) is 10.0 Å². The number of azide groups is 1. The molecule has 0 radical (unpaired) electrons. The molecular formula is C9H15N3O5. The monoisotopic (exact) mass is 245 g/mol. The quantitative estimate of drug-likeness (QED) is 0.409. The summed E-state index contributed by atoms with van der Waals surface area (Å²) >= 11 is 0. The van der Waals surface area contributed by atoms with E-state index in [9.17, 15) is 5.11 Å². The van der Waals surface area contributed by atoms with Gasteiger partial charge in [0.25, 0.3) is 0 Å². The third kappa shape index (κ3) is 2.23. The first-order valence-electron chi connectivity index (χ1n) is 5.33. The number of nitrogens with zero attached hydrogens (tertiary/aromatic N) is 3. The predicted molar refractivity (Wildman–Crippen MR) is 54.7 cm³/mol. The maximum absolute atomic E-state index is 9.57. The van der Waals surface area contributed by atoms with Gasteiger partial charge < -0.3 is 24.4 Å². The van der Waals surface area contributed by atoms with Crippen LogP contribution in [0, 0.1) is 0 Å². The number of aliphatic hydroxyl groups is 2. The molecule has 0 bridgehead atoms. The van der Waals surface area contributed by atoms with E-state index >= 15 is 0 Å². The van der Waals surface area contributed by atoms with Crippen molar-refractivity contribution in [2.45, 2.75) is 50.3 Å². The van der Waals surface area contributed by atoms with Gasteiger partial charge in [0.15, 0.2) is 12.1 Å². The zero-order valence-corrected chi connectivity index (χ0v) is 9.55. The van der Waals surface area contributed by atoms with Crippen molar-refractivity contribution in [2.75, 3.05) is 6.61 Å². The molecule has 0 aromatic carbocycles. The van der Waals surface area contributed by atoms with E-state index in [0.29, 0.717) is 0 Å². The Balaban J connectivity index is 2.18. The van der Waals surface area contributed by atoms with Gasteiger partial charge in [-0.2, -0.15) is 0 Å². The highest BCUT2D eigenvalue weighted by atomic mass is 16.8. The zero-order valence-electron chi connectivity index (χ0n) is 9.55. The first-order chi connectivity index (χ1) is 7.98. The van der Waals surface area contributed by atoms with Crippen molar-refractivity contribution in [3.63, 3.8) is 0 Å². The first kappa shape index (κ1) is 12.6. The van der Waals surface area contributed by atoms with Gasteiger partial charge in [-0.1, -0.05) is 5.11 Å². The molecule has 5 atom stereocenters. The van der Waals surface area contributed by atoms with Gasteiger partial charge in [-0.3, -0.25) is 0 Å². The van der Waals surface area contributed by atoms with Crippen molar-refractivity contribution in [1.82, 2.24) is 0 Å². The molecule has 8 heteroatoms. The smallest absolute Gasteiger partial charge is 0.188 e. The van der Waals surface area contributed by atoms with Gasteiger partial charge in [0.05, 0.1) is 12.6 Å². The number of rotatable bonds is 3. The van der Waals surface area contributed by atoms with Crippen LogP contribution in [0.2, 0.25) is 0 Å². The topological polar surface area (TPSA) is 117 Å². The second-order valence-electron chi connectivity index (χ2n) is 4.51. The highest BCUT2D eigenvalue weighted by Gasteiger charge is 2.55. The lowest BCUT2D eigenvalue weighted by Gasteiger charge is -2.25. The Kier molecular flexibility index (Phi) is 3.26. The minimum Gasteiger partial charge on any atom is -0.394 e. The van der Waals surface area contributed by atoms with Crippen LogP contribution in [0.3, 0.4) is 0 Å². The van der Waals surface area contributed by atoms with Gasteiger partial charge in [0.1, 0.15) is 18.3 Å². The third-order valence-corrected chi connectivity index (χ3v) is 2.80. The Hall–Kier alpha value is -0.890. The van der Waals surface area contributed by atoms with Crippen LogP contribution in [-0.2, 0) is 14.2 Å². The molecule has 0 amide bonds. The molecule has 2 fully saturated rings. The van der Waals surface area contributed by atoms with Gasteiger partial charge >= 0.3 is 0 Å². The van der Waals surface area contributed by atoms with Crippen molar-refractivity contribution >= 4 is 0 Å². The molecule has 2 aliphatic rings. The normalized spacial score (nSPS) is 40.7. The van der Waals surface area contributed by atoms with Crippen molar-refractivity contribution in [3.8, 4) is 0 Å². The summed E-state index contributed by atoms with van der Waals surface area (Å²) in [6.45, 7) is 2.96. The van der Waals surface area contributed by atoms with Crippen molar-refractivity contribution in [1.29, 1.82) is 0 Å². The largest absolute Gasteiger partial charge is 0.394 e. The van der Waals surface area contributed by atoms with E-state index < -0.39 is 43.0 Å².